The number of aromatic nitrogens is 2. The Bertz CT molecular complexity index is 652. The van der Waals surface area contributed by atoms with Crippen LogP contribution in [-0.4, -0.2) is 51.4 Å². The predicted octanol–water partition coefficient (Wildman–Crippen LogP) is 1.69. The van der Waals surface area contributed by atoms with Crippen molar-refractivity contribution < 1.29 is 4.79 Å². The number of aryl methyl sites for hydroxylation is 1. The molecule has 0 radical (unpaired) electrons. The van der Waals surface area contributed by atoms with Crippen LogP contribution in [0.2, 0.25) is 0 Å². The van der Waals surface area contributed by atoms with E-state index in [1.807, 2.05) is 41.9 Å². The Kier molecular flexibility index (Phi) is 3.50. The van der Waals surface area contributed by atoms with Gasteiger partial charge in [-0.15, -0.1) is 11.3 Å². The molecular weight excluding hydrogens is 296 g/mol. The molecule has 0 spiro atoms. The van der Waals surface area contributed by atoms with E-state index < -0.39 is 0 Å². The zero-order chi connectivity index (χ0) is 15.1. The second-order valence-electron chi connectivity index (χ2n) is 6.36. The lowest BCUT2D eigenvalue weighted by atomic mass is 10.0. The van der Waals surface area contributed by atoms with Crippen LogP contribution in [0.25, 0.3) is 0 Å². The molecule has 2 saturated heterocycles. The number of nitrogens with zero attached hydrogens (tertiary/aromatic N) is 4. The summed E-state index contributed by atoms with van der Waals surface area (Å²) < 4.78 is 2.08. The molecule has 0 N–H and O–H groups in total. The topological polar surface area (TPSA) is 41.4 Å². The SMILES string of the molecule is Cn1ccnc1CN1C[C@@H]2CN(C(=O)c3cccs3)C[C@@H]2C1. The maximum Gasteiger partial charge on any atom is 0.263 e. The van der Waals surface area contributed by atoms with Crippen LogP contribution in [0.1, 0.15) is 15.5 Å². The lowest BCUT2D eigenvalue weighted by Crippen LogP contribution is -2.33. The number of hydrogen-bond donors (Lipinski definition) is 0. The number of amides is 1. The molecule has 5 nitrogen and oxygen atoms in total. The van der Waals surface area contributed by atoms with E-state index in [1.54, 1.807) is 0 Å². The minimum Gasteiger partial charge on any atom is -0.337 e. The molecule has 2 aliphatic heterocycles. The van der Waals surface area contributed by atoms with E-state index in [2.05, 4.69) is 14.5 Å². The van der Waals surface area contributed by atoms with Gasteiger partial charge in [-0.1, -0.05) is 6.07 Å². The van der Waals surface area contributed by atoms with Crippen molar-refractivity contribution >= 4 is 17.2 Å². The van der Waals surface area contributed by atoms with E-state index in [4.69, 9.17) is 0 Å². The molecule has 0 aromatic carbocycles. The van der Waals surface area contributed by atoms with Crippen molar-refractivity contribution in [3.05, 3.63) is 40.6 Å². The lowest BCUT2D eigenvalue weighted by molar-refractivity contribution is 0.0778. The highest BCUT2D eigenvalue weighted by Crippen LogP contribution is 2.32. The third-order valence-electron chi connectivity index (χ3n) is 4.87. The molecule has 116 valence electrons. The van der Waals surface area contributed by atoms with Gasteiger partial charge in [0, 0.05) is 45.6 Å². The van der Waals surface area contributed by atoms with Gasteiger partial charge in [-0.2, -0.15) is 0 Å². The van der Waals surface area contributed by atoms with Crippen molar-refractivity contribution in [1.29, 1.82) is 0 Å². The largest absolute Gasteiger partial charge is 0.337 e. The Morgan fingerprint density at radius 1 is 1.32 bits per heavy atom. The summed E-state index contributed by atoms with van der Waals surface area (Å²) in [6.07, 6.45) is 3.85. The Hall–Kier alpha value is -1.66. The van der Waals surface area contributed by atoms with E-state index >= 15 is 0 Å². The molecular formula is C16H20N4OS. The van der Waals surface area contributed by atoms with Gasteiger partial charge in [0.15, 0.2) is 0 Å². The van der Waals surface area contributed by atoms with Gasteiger partial charge in [-0.3, -0.25) is 9.69 Å². The summed E-state index contributed by atoms with van der Waals surface area (Å²) in [5.74, 6) is 2.56. The molecule has 22 heavy (non-hydrogen) atoms. The summed E-state index contributed by atoms with van der Waals surface area (Å²) in [5.41, 5.74) is 0. The zero-order valence-corrected chi connectivity index (χ0v) is 13.5. The number of carbonyl (C=O) groups excluding carboxylic acids is 1. The van der Waals surface area contributed by atoms with Crippen LogP contribution in [-0.2, 0) is 13.6 Å². The van der Waals surface area contributed by atoms with E-state index in [0.717, 1.165) is 43.4 Å². The second kappa shape index (κ2) is 5.52. The van der Waals surface area contributed by atoms with Crippen molar-refractivity contribution in [2.45, 2.75) is 6.54 Å². The fourth-order valence-corrected chi connectivity index (χ4v) is 4.38. The molecule has 1 amide bonds. The quantitative estimate of drug-likeness (QED) is 0.865. The van der Waals surface area contributed by atoms with Crippen LogP contribution in [0.4, 0.5) is 0 Å². The average Bonchev–Trinajstić information content (AvgIpc) is 3.23. The number of hydrogen-bond acceptors (Lipinski definition) is 4. The van der Waals surface area contributed by atoms with Gasteiger partial charge in [0.1, 0.15) is 5.82 Å². The number of fused-ring (bicyclic) bond motifs is 1. The van der Waals surface area contributed by atoms with E-state index in [1.165, 1.54) is 11.3 Å². The van der Waals surface area contributed by atoms with E-state index in [9.17, 15) is 4.79 Å². The molecule has 2 aliphatic rings. The van der Waals surface area contributed by atoms with Crippen LogP contribution in [0.5, 0.6) is 0 Å². The maximum atomic E-state index is 12.4. The molecule has 2 atom stereocenters. The summed E-state index contributed by atoms with van der Waals surface area (Å²) >= 11 is 1.54. The molecule has 2 fully saturated rings. The van der Waals surface area contributed by atoms with Gasteiger partial charge in [-0.05, 0) is 23.3 Å². The van der Waals surface area contributed by atoms with Gasteiger partial charge in [0.25, 0.3) is 5.91 Å². The highest BCUT2D eigenvalue weighted by Gasteiger charge is 2.41. The lowest BCUT2D eigenvalue weighted by Gasteiger charge is -2.21. The van der Waals surface area contributed by atoms with Crippen LogP contribution in [0.3, 0.4) is 0 Å². The first-order valence-corrected chi connectivity index (χ1v) is 8.60. The maximum absolute atomic E-state index is 12.4. The third-order valence-corrected chi connectivity index (χ3v) is 5.72. The number of likely N-dealkylation sites (tertiary alicyclic amines) is 2. The third kappa shape index (κ3) is 2.46. The molecule has 0 bridgehead atoms. The first-order chi connectivity index (χ1) is 10.7. The molecule has 0 unspecified atom stereocenters. The molecule has 0 aliphatic carbocycles. The van der Waals surface area contributed by atoms with Gasteiger partial charge >= 0.3 is 0 Å². The molecule has 2 aromatic rings. The highest BCUT2D eigenvalue weighted by molar-refractivity contribution is 7.12. The van der Waals surface area contributed by atoms with Crippen LogP contribution < -0.4 is 0 Å². The number of carbonyl (C=O) groups is 1. The summed E-state index contributed by atoms with van der Waals surface area (Å²) in [5, 5.41) is 1.97. The van der Waals surface area contributed by atoms with Gasteiger partial charge in [0.2, 0.25) is 0 Å². The zero-order valence-electron chi connectivity index (χ0n) is 12.7. The Balaban J connectivity index is 1.36. The number of thiophene rings is 1. The second-order valence-corrected chi connectivity index (χ2v) is 7.30. The summed E-state index contributed by atoms with van der Waals surface area (Å²) in [7, 11) is 2.04. The molecule has 4 rings (SSSR count). The molecule has 0 saturated carbocycles. The monoisotopic (exact) mass is 316 g/mol. The Labute approximate surface area is 134 Å². The van der Waals surface area contributed by atoms with Gasteiger partial charge < -0.3 is 9.47 Å². The number of imidazole rings is 1. The first kappa shape index (κ1) is 14.0. The van der Waals surface area contributed by atoms with E-state index in [-0.39, 0.29) is 5.91 Å². The minimum absolute atomic E-state index is 0.208. The van der Waals surface area contributed by atoms with Crippen LogP contribution >= 0.6 is 11.3 Å². The van der Waals surface area contributed by atoms with Crippen molar-refractivity contribution in [1.82, 2.24) is 19.4 Å². The van der Waals surface area contributed by atoms with Crippen molar-refractivity contribution in [2.24, 2.45) is 18.9 Å². The smallest absolute Gasteiger partial charge is 0.263 e. The van der Waals surface area contributed by atoms with Crippen molar-refractivity contribution in [3.63, 3.8) is 0 Å². The standard InChI is InChI=1S/C16H20N4OS/c1-18-5-4-17-15(18)11-19-7-12-9-20(10-13(12)8-19)16(21)14-3-2-6-22-14/h2-6,12-13H,7-11H2,1H3/t12-,13+. The van der Waals surface area contributed by atoms with E-state index in [0.29, 0.717) is 11.8 Å². The normalized spacial score (nSPS) is 24.9. The van der Waals surface area contributed by atoms with Crippen molar-refractivity contribution in [3.8, 4) is 0 Å². The van der Waals surface area contributed by atoms with Crippen LogP contribution in [0.15, 0.2) is 29.9 Å². The van der Waals surface area contributed by atoms with Gasteiger partial charge in [-0.25, -0.2) is 4.98 Å². The first-order valence-electron chi connectivity index (χ1n) is 7.72. The average molecular weight is 316 g/mol. The molecule has 6 heteroatoms. The fourth-order valence-electron chi connectivity index (χ4n) is 3.69. The highest BCUT2D eigenvalue weighted by atomic mass is 32.1. The van der Waals surface area contributed by atoms with Crippen LogP contribution in [0, 0.1) is 11.8 Å². The predicted molar refractivity (Wildman–Crippen MR) is 85.7 cm³/mol. The summed E-state index contributed by atoms with van der Waals surface area (Å²) in [6, 6.07) is 3.87. The Morgan fingerprint density at radius 3 is 2.68 bits per heavy atom. The Morgan fingerprint density at radius 2 is 2.09 bits per heavy atom. The minimum atomic E-state index is 0.208. The summed E-state index contributed by atoms with van der Waals surface area (Å²) in [6.45, 7) is 4.86. The van der Waals surface area contributed by atoms with Gasteiger partial charge in [0.05, 0.1) is 11.4 Å². The fraction of sp³-hybridized carbons (Fsp3) is 0.500. The number of rotatable bonds is 3. The summed E-state index contributed by atoms with van der Waals surface area (Å²) in [4.78, 5) is 22.2. The van der Waals surface area contributed by atoms with Crippen molar-refractivity contribution in [2.75, 3.05) is 26.2 Å². The molecule has 4 heterocycles. The molecule has 2 aromatic heterocycles.